The minimum absolute atomic E-state index is 0.812. The van der Waals surface area contributed by atoms with Gasteiger partial charge in [-0.25, -0.2) is 0 Å². The van der Waals surface area contributed by atoms with E-state index in [4.69, 9.17) is 0 Å². The smallest absolute Gasteiger partial charge is 0.000968 e. The van der Waals surface area contributed by atoms with Gasteiger partial charge in [0.25, 0.3) is 0 Å². The van der Waals surface area contributed by atoms with Crippen LogP contribution in [0.1, 0.15) is 40.5 Å². The molecule has 0 saturated carbocycles. The van der Waals surface area contributed by atoms with Crippen LogP contribution in [-0.4, -0.2) is 11.0 Å². The third kappa shape index (κ3) is 8.35. The highest BCUT2D eigenvalue weighted by Crippen LogP contribution is 2.13. The first-order valence-corrected chi connectivity index (χ1v) is 5.29. The molecular weight excluding hydrogens is 140 g/mol. The lowest BCUT2D eigenvalue weighted by Crippen LogP contribution is -1.92. The highest BCUT2D eigenvalue weighted by atomic mass is 32.2. The van der Waals surface area contributed by atoms with Crippen molar-refractivity contribution in [1.29, 1.82) is 0 Å². The average molecular weight is 160 g/mol. The van der Waals surface area contributed by atoms with E-state index in [0.29, 0.717) is 0 Å². The maximum Gasteiger partial charge on any atom is -0.000968 e. The molecule has 0 unspecified atom stereocenters. The topological polar surface area (TPSA) is 0 Å². The first-order chi connectivity index (χ1) is 4.63. The summed E-state index contributed by atoms with van der Waals surface area (Å²) in [5.74, 6) is 2.23. The summed E-state index contributed by atoms with van der Waals surface area (Å²) in [5.41, 5.74) is 0. The Balaban J connectivity index is 2.91. The van der Waals surface area contributed by atoms with Gasteiger partial charge in [0.15, 0.2) is 0 Å². The number of hydrogen-bond acceptors (Lipinski definition) is 1. The summed E-state index contributed by atoms with van der Waals surface area (Å²) >= 11 is 2.07. The van der Waals surface area contributed by atoms with Crippen LogP contribution in [0.5, 0.6) is 0 Å². The quantitative estimate of drug-likeness (QED) is 0.554. The van der Waals surface area contributed by atoms with Crippen molar-refractivity contribution < 1.29 is 0 Å². The molecule has 0 spiro atoms. The molecule has 62 valence electrons. The molecular formula is C9H20S. The molecule has 0 heterocycles. The van der Waals surface area contributed by atoms with E-state index in [-0.39, 0.29) is 0 Å². The summed E-state index contributed by atoms with van der Waals surface area (Å²) in [6.45, 7) is 9.11. The Morgan fingerprint density at radius 1 is 1.10 bits per heavy atom. The Kier molecular flexibility index (Phi) is 6.30. The summed E-state index contributed by atoms with van der Waals surface area (Å²) in [7, 11) is 0. The molecule has 0 rings (SSSR count). The largest absolute Gasteiger partial charge is 0.159 e. The van der Waals surface area contributed by atoms with E-state index >= 15 is 0 Å². The SMILES string of the molecule is CC(C)CCCSC(C)C. The molecule has 0 aromatic rings. The van der Waals surface area contributed by atoms with E-state index in [1.807, 2.05) is 0 Å². The van der Waals surface area contributed by atoms with Gasteiger partial charge in [0, 0.05) is 0 Å². The molecule has 0 radical (unpaired) electrons. The number of thioether (sulfide) groups is 1. The highest BCUT2D eigenvalue weighted by Gasteiger charge is 1.95. The van der Waals surface area contributed by atoms with Crippen LogP contribution in [0.15, 0.2) is 0 Å². The van der Waals surface area contributed by atoms with Gasteiger partial charge in [-0.2, -0.15) is 11.8 Å². The van der Waals surface area contributed by atoms with Crippen LogP contribution in [0.25, 0.3) is 0 Å². The molecule has 0 aliphatic heterocycles. The average Bonchev–Trinajstić information content (AvgIpc) is 1.79. The summed E-state index contributed by atoms with van der Waals surface area (Å²) < 4.78 is 0. The van der Waals surface area contributed by atoms with Crippen LogP contribution in [0.3, 0.4) is 0 Å². The van der Waals surface area contributed by atoms with Crippen molar-refractivity contribution in [3.05, 3.63) is 0 Å². The first kappa shape index (κ1) is 10.3. The maximum atomic E-state index is 2.29. The van der Waals surface area contributed by atoms with Crippen molar-refractivity contribution in [2.24, 2.45) is 5.92 Å². The zero-order chi connectivity index (χ0) is 7.98. The molecule has 10 heavy (non-hydrogen) atoms. The second kappa shape index (κ2) is 6.09. The highest BCUT2D eigenvalue weighted by molar-refractivity contribution is 7.99. The van der Waals surface area contributed by atoms with Crippen molar-refractivity contribution in [1.82, 2.24) is 0 Å². The van der Waals surface area contributed by atoms with Gasteiger partial charge in [0.2, 0.25) is 0 Å². The molecule has 0 saturated heterocycles. The lowest BCUT2D eigenvalue weighted by Gasteiger charge is -2.05. The van der Waals surface area contributed by atoms with Gasteiger partial charge in [0.1, 0.15) is 0 Å². The molecule has 0 aliphatic carbocycles. The maximum absolute atomic E-state index is 2.29. The van der Waals surface area contributed by atoms with Crippen molar-refractivity contribution in [2.75, 3.05) is 5.75 Å². The monoisotopic (exact) mass is 160 g/mol. The van der Waals surface area contributed by atoms with E-state index in [9.17, 15) is 0 Å². The molecule has 1 heteroatoms. The summed E-state index contributed by atoms with van der Waals surface area (Å²) in [5, 5.41) is 0.812. The Labute approximate surface area is 69.8 Å². The van der Waals surface area contributed by atoms with Crippen LogP contribution >= 0.6 is 11.8 Å². The predicted octanol–water partition coefficient (Wildman–Crippen LogP) is 3.56. The van der Waals surface area contributed by atoms with Crippen molar-refractivity contribution in [3.8, 4) is 0 Å². The number of rotatable bonds is 5. The van der Waals surface area contributed by atoms with Gasteiger partial charge in [-0.1, -0.05) is 34.1 Å². The zero-order valence-electron chi connectivity index (χ0n) is 7.68. The second-order valence-corrected chi connectivity index (χ2v) is 5.14. The lowest BCUT2D eigenvalue weighted by atomic mass is 10.1. The van der Waals surface area contributed by atoms with Crippen molar-refractivity contribution in [3.63, 3.8) is 0 Å². The Hall–Kier alpha value is 0.350. The number of hydrogen-bond donors (Lipinski definition) is 0. The fraction of sp³-hybridized carbons (Fsp3) is 1.00. The molecule has 0 atom stereocenters. The molecule has 0 bridgehead atoms. The van der Waals surface area contributed by atoms with Gasteiger partial charge in [-0.3, -0.25) is 0 Å². The summed E-state index contributed by atoms with van der Waals surface area (Å²) in [4.78, 5) is 0. The Morgan fingerprint density at radius 2 is 1.70 bits per heavy atom. The summed E-state index contributed by atoms with van der Waals surface area (Å²) in [6, 6.07) is 0. The third-order valence-corrected chi connectivity index (χ3v) is 2.57. The minimum Gasteiger partial charge on any atom is -0.159 e. The van der Waals surface area contributed by atoms with Gasteiger partial charge in [0.05, 0.1) is 0 Å². The van der Waals surface area contributed by atoms with Gasteiger partial charge in [-0.05, 0) is 23.3 Å². The Morgan fingerprint density at radius 3 is 2.10 bits per heavy atom. The van der Waals surface area contributed by atoms with Crippen LogP contribution in [0.2, 0.25) is 0 Å². The normalized spacial score (nSPS) is 11.4. The molecule has 0 aromatic carbocycles. The van der Waals surface area contributed by atoms with E-state index in [1.54, 1.807) is 0 Å². The molecule has 0 nitrogen and oxygen atoms in total. The molecule has 0 amide bonds. The van der Waals surface area contributed by atoms with E-state index in [2.05, 4.69) is 39.5 Å². The van der Waals surface area contributed by atoms with Crippen LogP contribution in [0.4, 0.5) is 0 Å². The van der Waals surface area contributed by atoms with Crippen LogP contribution < -0.4 is 0 Å². The molecule has 0 N–H and O–H groups in total. The van der Waals surface area contributed by atoms with Crippen LogP contribution in [0, 0.1) is 5.92 Å². The van der Waals surface area contributed by atoms with E-state index < -0.39 is 0 Å². The molecule has 0 aromatic heterocycles. The van der Waals surface area contributed by atoms with Crippen molar-refractivity contribution >= 4 is 11.8 Å². The standard InChI is InChI=1S/C9H20S/c1-8(2)6-5-7-10-9(3)4/h8-9H,5-7H2,1-4H3. The minimum atomic E-state index is 0.812. The van der Waals surface area contributed by atoms with Crippen LogP contribution in [-0.2, 0) is 0 Å². The van der Waals surface area contributed by atoms with Gasteiger partial charge in [-0.15, -0.1) is 0 Å². The van der Waals surface area contributed by atoms with E-state index in [1.165, 1.54) is 18.6 Å². The Bertz CT molecular complexity index is 57.1. The third-order valence-electron chi connectivity index (χ3n) is 1.38. The van der Waals surface area contributed by atoms with Crippen molar-refractivity contribution in [2.45, 2.75) is 45.8 Å². The second-order valence-electron chi connectivity index (χ2n) is 3.46. The molecule has 0 aliphatic rings. The predicted molar refractivity (Wildman–Crippen MR) is 51.7 cm³/mol. The van der Waals surface area contributed by atoms with Gasteiger partial charge < -0.3 is 0 Å². The van der Waals surface area contributed by atoms with Gasteiger partial charge >= 0.3 is 0 Å². The van der Waals surface area contributed by atoms with E-state index in [0.717, 1.165) is 11.2 Å². The lowest BCUT2D eigenvalue weighted by molar-refractivity contribution is 0.579. The zero-order valence-corrected chi connectivity index (χ0v) is 8.50. The molecule has 0 fully saturated rings. The fourth-order valence-corrected chi connectivity index (χ4v) is 1.62. The fourth-order valence-electron chi connectivity index (χ4n) is 0.811. The first-order valence-electron chi connectivity index (χ1n) is 4.24. The summed E-state index contributed by atoms with van der Waals surface area (Å²) in [6.07, 6.45) is 2.78.